The second-order valence-corrected chi connectivity index (χ2v) is 5.15. The van der Waals surface area contributed by atoms with E-state index in [-0.39, 0.29) is 12.0 Å². The van der Waals surface area contributed by atoms with Gasteiger partial charge in [-0.25, -0.2) is 4.99 Å². The van der Waals surface area contributed by atoms with Crippen LogP contribution in [0.2, 0.25) is 0 Å². The van der Waals surface area contributed by atoms with Gasteiger partial charge >= 0.3 is 6.18 Å². The first-order chi connectivity index (χ1) is 9.90. The summed E-state index contributed by atoms with van der Waals surface area (Å²) >= 11 is 0. The molecule has 1 aromatic carbocycles. The maximum Gasteiger partial charge on any atom is 0.416 e. The van der Waals surface area contributed by atoms with Crippen molar-refractivity contribution < 1.29 is 13.2 Å². The molecule has 0 bridgehead atoms. The molecule has 1 aromatic rings. The number of hydrogen-bond donors (Lipinski definition) is 2. The van der Waals surface area contributed by atoms with Crippen LogP contribution in [-0.2, 0) is 6.18 Å². The first kappa shape index (κ1) is 15.4. The number of hydrogen-bond acceptors (Lipinski definition) is 1. The van der Waals surface area contributed by atoms with E-state index in [4.69, 9.17) is 5.73 Å². The Morgan fingerprint density at radius 3 is 2.76 bits per heavy atom. The summed E-state index contributed by atoms with van der Waals surface area (Å²) in [6, 6.07) is 5.69. The van der Waals surface area contributed by atoms with Gasteiger partial charge in [-0.3, -0.25) is 0 Å². The topological polar surface area (TPSA) is 50.4 Å². The molecule has 0 amide bonds. The maximum atomic E-state index is 12.7. The summed E-state index contributed by atoms with van der Waals surface area (Å²) in [4.78, 5) is 4.03. The SMILES string of the molecule is C=CCN=C(N)NC1CC(c2cccc(C(F)(F)F)c2)C1. The summed E-state index contributed by atoms with van der Waals surface area (Å²) in [5.41, 5.74) is 5.81. The number of aliphatic imine (C=N–C) groups is 1. The predicted octanol–water partition coefficient (Wildman–Crippen LogP) is 3.04. The van der Waals surface area contributed by atoms with E-state index in [1.807, 2.05) is 0 Å². The molecule has 0 spiro atoms. The molecular formula is C15H18F3N3. The Hall–Kier alpha value is -1.98. The van der Waals surface area contributed by atoms with Crippen molar-refractivity contribution in [2.24, 2.45) is 10.7 Å². The average Bonchev–Trinajstić information content (AvgIpc) is 2.39. The lowest BCUT2D eigenvalue weighted by atomic mass is 9.75. The lowest BCUT2D eigenvalue weighted by Crippen LogP contribution is -2.46. The summed E-state index contributed by atoms with van der Waals surface area (Å²) in [6.45, 7) is 3.99. The van der Waals surface area contributed by atoms with Crippen LogP contribution in [0.4, 0.5) is 13.2 Å². The van der Waals surface area contributed by atoms with Crippen molar-refractivity contribution in [3.05, 3.63) is 48.0 Å². The quantitative estimate of drug-likeness (QED) is 0.510. The van der Waals surface area contributed by atoms with E-state index in [1.165, 1.54) is 12.1 Å². The van der Waals surface area contributed by atoms with Crippen LogP contribution in [0.1, 0.15) is 29.9 Å². The van der Waals surface area contributed by atoms with E-state index in [0.29, 0.717) is 12.5 Å². The summed E-state index contributed by atoms with van der Waals surface area (Å²) < 4.78 is 38.0. The van der Waals surface area contributed by atoms with Gasteiger partial charge in [0.15, 0.2) is 5.96 Å². The van der Waals surface area contributed by atoms with E-state index in [0.717, 1.165) is 24.5 Å². The molecule has 0 aliphatic heterocycles. The van der Waals surface area contributed by atoms with Crippen LogP contribution >= 0.6 is 0 Å². The summed E-state index contributed by atoms with van der Waals surface area (Å²) in [6.07, 6.45) is -1.14. The Bertz CT molecular complexity index is 531. The summed E-state index contributed by atoms with van der Waals surface area (Å²) in [7, 11) is 0. The molecule has 0 aromatic heterocycles. The summed E-state index contributed by atoms with van der Waals surface area (Å²) in [5.74, 6) is 0.486. The van der Waals surface area contributed by atoms with Crippen molar-refractivity contribution in [3.8, 4) is 0 Å². The van der Waals surface area contributed by atoms with Crippen LogP contribution in [0, 0.1) is 0 Å². The van der Waals surface area contributed by atoms with Crippen LogP contribution in [0.15, 0.2) is 41.9 Å². The summed E-state index contributed by atoms with van der Waals surface area (Å²) in [5, 5.41) is 3.05. The second-order valence-electron chi connectivity index (χ2n) is 5.15. The van der Waals surface area contributed by atoms with Gasteiger partial charge in [-0.15, -0.1) is 6.58 Å². The molecule has 1 saturated carbocycles. The van der Waals surface area contributed by atoms with Crippen LogP contribution in [0.3, 0.4) is 0 Å². The standard InChI is InChI=1S/C15H18F3N3/c1-2-6-20-14(19)21-13-8-11(9-13)10-4-3-5-12(7-10)15(16,17)18/h2-5,7,11,13H,1,6,8-9H2,(H3,19,20,21). The maximum absolute atomic E-state index is 12.7. The van der Waals surface area contributed by atoms with Gasteiger partial charge in [0.2, 0.25) is 0 Å². The molecule has 0 saturated heterocycles. The molecule has 0 heterocycles. The number of nitrogens with one attached hydrogen (secondary N) is 1. The molecule has 0 radical (unpaired) electrons. The zero-order chi connectivity index (χ0) is 15.5. The number of halogens is 3. The minimum absolute atomic E-state index is 0.136. The molecule has 0 atom stereocenters. The van der Waals surface area contributed by atoms with Gasteiger partial charge in [0.1, 0.15) is 0 Å². The first-order valence-electron chi connectivity index (χ1n) is 6.74. The van der Waals surface area contributed by atoms with E-state index in [1.54, 1.807) is 12.1 Å². The molecule has 1 fully saturated rings. The van der Waals surface area contributed by atoms with E-state index in [2.05, 4.69) is 16.9 Å². The Balaban J connectivity index is 1.91. The minimum atomic E-state index is -4.29. The van der Waals surface area contributed by atoms with Crippen molar-refractivity contribution in [3.63, 3.8) is 0 Å². The second kappa shape index (κ2) is 6.20. The van der Waals surface area contributed by atoms with Gasteiger partial charge in [-0.05, 0) is 30.4 Å². The third kappa shape index (κ3) is 4.00. The zero-order valence-corrected chi connectivity index (χ0v) is 11.5. The molecule has 1 aliphatic rings. The molecule has 3 nitrogen and oxygen atoms in total. The van der Waals surface area contributed by atoms with Gasteiger partial charge in [0.05, 0.1) is 12.1 Å². The average molecular weight is 297 g/mol. The number of alkyl halides is 3. The lowest BCUT2D eigenvalue weighted by molar-refractivity contribution is -0.137. The molecular weight excluding hydrogens is 279 g/mol. The minimum Gasteiger partial charge on any atom is -0.370 e. The van der Waals surface area contributed by atoms with Crippen LogP contribution in [0.25, 0.3) is 0 Å². The smallest absolute Gasteiger partial charge is 0.370 e. The third-order valence-electron chi connectivity index (χ3n) is 3.57. The highest BCUT2D eigenvalue weighted by Crippen LogP contribution is 2.39. The Labute approximate surface area is 121 Å². The molecule has 0 unspecified atom stereocenters. The van der Waals surface area contributed by atoms with Crippen LogP contribution in [-0.4, -0.2) is 18.5 Å². The highest BCUT2D eigenvalue weighted by Gasteiger charge is 2.34. The highest BCUT2D eigenvalue weighted by molar-refractivity contribution is 5.78. The molecule has 21 heavy (non-hydrogen) atoms. The van der Waals surface area contributed by atoms with Gasteiger partial charge in [0, 0.05) is 6.04 Å². The van der Waals surface area contributed by atoms with Gasteiger partial charge in [-0.1, -0.05) is 24.3 Å². The van der Waals surface area contributed by atoms with Crippen molar-refractivity contribution >= 4 is 5.96 Å². The van der Waals surface area contributed by atoms with Crippen molar-refractivity contribution in [2.45, 2.75) is 31.0 Å². The number of nitrogens with zero attached hydrogens (tertiary/aromatic N) is 1. The van der Waals surface area contributed by atoms with Gasteiger partial charge < -0.3 is 11.1 Å². The highest BCUT2D eigenvalue weighted by atomic mass is 19.4. The Morgan fingerprint density at radius 1 is 1.43 bits per heavy atom. The predicted molar refractivity (Wildman–Crippen MR) is 77.0 cm³/mol. The normalized spacial score (nSPS) is 22.5. The molecule has 2 rings (SSSR count). The molecule has 3 N–H and O–H groups in total. The fraction of sp³-hybridized carbons (Fsp3) is 0.400. The zero-order valence-electron chi connectivity index (χ0n) is 11.5. The van der Waals surface area contributed by atoms with E-state index < -0.39 is 11.7 Å². The van der Waals surface area contributed by atoms with Crippen molar-refractivity contribution in [2.75, 3.05) is 6.54 Å². The van der Waals surface area contributed by atoms with Gasteiger partial charge in [0.25, 0.3) is 0 Å². The fourth-order valence-electron chi connectivity index (χ4n) is 2.39. The lowest BCUT2D eigenvalue weighted by Gasteiger charge is -2.36. The van der Waals surface area contributed by atoms with Gasteiger partial charge in [-0.2, -0.15) is 13.2 Å². The van der Waals surface area contributed by atoms with E-state index >= 15 is 0 Å². The monoisotopic (exact) mass is 297 g/mol. The number of guanidine groups is 1. The Morgan fingerprint density at radius 2 is 2.14 bits per heavy atom. The third-order valence-corrected chi connectivity index (χ3v) is 3.57. The van der Waals surface area contributed by atoms with Crippen molar-refractivity contribution in [1.29, 1.82) is 0 Å². The fourth-order valence-corrected chi connectivity index (χ4v) is 2.39. The molecule has 6 heteroatoms. The number of nitrogens with two attached hydrogens (primary N) is 1. The largest absolute Gasteiger partial charge is 0.416 e. The molecule has 1 aliphatic carbocycles. The van der Waals surface area contributed by atoms with Crippen LogP contribution < -0.4 is 11.1 Å². The van der Waals surface area contributed by atoms with Crippen LogP contribution in [0.5, 0.6) is 0 Å². The van der Waals surface area contributed by atoms with E-state index in [9.17, 15) is 13.2 Å². The Kier molecular flexibility index (Phi) is 4.55. The number of rotatable bonds is 4. The number of benzene rings is 1. The molecule has 114 valence electrons. The first-order valence-corrected chi connectivity index (χ1v) is 6.74. The van der Waals surface area contributed by atoms with Crippen molar-refractivity contribution in [1.82, 2.24) is 5.32 Å².